The maximum Gasteiger partial charge on any atom is 0.120 e. The van der Waals surface area contributed by atoms with Crippen LogP contribution >= 0.6 is 15.9 Å². The van der Waals surface area contributed by atoms with Crippen molar-refractivity contribution in [3.63, 3.8) is 0 Å². The van der Waals surface area contributed by atoms with Crippen LogP contribution in [0.2, 0.25) is 0 Å². The fourth-order valence-corrected chi connectivity index (χ4v) is 1.89. The van der Waals surface area contributed by atoms with Crippen molar-refractivity contribution in [2.24, 2.45) is 5.92 Å². The van der Waals surface area contributed by atoms with E-state index < -0.39 is 0 Å². The zero-order valence-corrected chi connectivity index (χ0v) is 12.5. The Balaban J connectivity index is 2.23. The van der Waals surface area contributed by atoms with Gasteiger partial charge in [-0.05, 0) is 44.0 Å². The van der Waals surface area contributed by atoms with Crippen LogP contribution < -0.4 is 10.1 Å². The van der Waals surface area contributed by atoms with Gasteiger partial charge < -0.3 is 10.1 Å². The van der Waals surface area contributed by atoms with Gasteiger partial charge in [-0.3, -0.25) is 0 Å². The number of benzene rings is 1. The van der Waals surface area contributed by atoms with E-state index in [4.69, 9.17) is 4.74 Å². The Kier molecular flexibility index (Phi) is 6.60. The first-order valence-electron chi connectivity index (χ1n) is 6.21. The SMILES string of the molecule is CC(C)CCNCC(C)Oc1cccc(Br)c1. The molecule has 0 heterocycles. The van der Waals surface area contributed by atoms with Gasteiger partial charge in [-0.25, -0.2) is 0 Å². The largest absolute Gasteiger partial charge is 0.489 e. The molecule has 96 valence electrons. The lowest BCUT2D eigenvalue weighted by Gasteiger charge is -2.16. The first kappa shape index (κ1) is 14.5. The quantitative estimate of drug-likeness (QED) is 0.772. The molecule has 17 heavy (non-hydrogen) atoms. The lowest BCUT2D eigenvalue weighted by molar-refractivity contribution is 0.216. The summed E-state index contributed by atoms with van der Waals surface area (Å²) in [4.78, 5) is 0. The van der Waals surface area contributed by atoms with Gasteiger partial charge in [0, 0.05) is 11.0 Å². The highest BCUT2D eigenvalue weighted by molar-refractivity contribution is 9.10. The Morgan fingerprint density at radius 2 is 2.06 bits per heavy atom. The van der Waals surface area contributed by atoms with E-state index in [0.717, 1.165) is 29.2 Å². The van der Waals surface area contributed by atoms with Gasteiger partial charge in [0.25, 0.3) is 0 Å². The third-order valence-electron chi connectivity index (χ3n) is 2.46. The number of nitrogens with one attached hydrogen (secondary N) is 1. The Hall–Kier alpha value is -0.540. The van der Waals surface area contributed by atoms with Crippen molar-refractivity contribution in [3.8, 4) is 5.75 Å². The summed E-state index contributed by atoms with van der Waals surface area (Å²) in [5, 5.41) is 3.41. The molecule has 1 rings (SSSR count). The van der Waals surface area contributed by atoms with E-state index in [1.165, 1.54) is 6.42 Å². The molecule has 1 atom stereocenters. The minimum Gasteiger partial charge on any atom is -0.489 e. The molecule has 0 radical (unpaired) electrons. The van der Waals surface area contributed by atoms with Gasteiger partial charge >= 0.3 is 0 Å². The average molecular weight is 300 g/mol. The predicted octanol–water partition coefficient (Wildman–Crippen LogP) is 3.85. The lowest BCUT2D eigenvalue weighted by Crippen LogP contribution is -2.30. The van der Waals surface area contributed by atoms with Gasteiger partial charge in [0.2, 0.25) is 0 Å². The molecular formula is C14H22BrNO. The van der Waals surface area contributed by atoms with E-state index in [1.807, 2.05) is 24.3 Å². The molecule has 0 aromatic heterocycles. The Bertz CT molecular complexity index is 328. The van der Waals surface area contributed by atoms with E-state index in [2.05, 4.69) is 42.0 Å². The summed E-state index contributed by atoms with van der Waals surface area (Å²) in [6.45, 7) is 8.51. The van der Waals surface area contributed by atoms with Crippen LogP contribution in [0.4, 0.5) is 0 Å². The zero-order chi connectivity index (χ0) is 12.7. The van der Waals surface area contributed by atoms with E-state index >= 15 is 0 Å². The van der Waals surface area contributed by atoms with Crippen LogP contribution in [0.25, 0.3) is 0 Å². The fourth-order valence-electron chi connectivity index (χ4n) is 1.51. The molecule has 1 aromatic carbocycles. The van der Waals surface area contributed by atoms with Crippen molar-refractivity contribution in [3.05, 3.63) is 28.7 Å². The third kappa shape index (κ3) is 6.69. The topological polar surface area (TPSA) is 21.3 Å². The molecule has 1 N–H and O–H groups in total. The third-order valence-corrected chi connectivity index (χ3v) is 2.96. The zero-order valence-electron chi connectivity index (χ0n) is 10.9. The van der Waals surface area contributed by atoms with Gasteiger partial charge in [-0.15, -0.1) is 0 Å². The van der Waals surface area contributed by atoms with Crippen LogP contribution in [0.3, 0.4) is 0 Å². The predicted molar refractivity (Wildman–Crippen MR) is 76.6 cm³/mol. The second kappa shape index (κ2) is 7.72. The second-order valence-corrected chi connectivity index (χ2v) is 5.69. The standard InChI is InChI=1S/C14H22BrNO/c1-11(2)7-8-16-10-12(3)17-14-6-4-5-13(15)9-14/h4-6,9,11-12,16H,7-8,10H2,1-3H3. The molecule has 0 amide bonds. The molecule has 1 unspecified atom stereocenters. The Morgan fingerprint density at radius 1 is 1.29 bits per heavy atom. The monoisotopic (exact) mass is 299 g/mol. The number of hydrogen-bond acceptors (Lipinski definition) is 2. The minimum absolute atomic E-state index is 0.191. The van der Waals surface area contributed by atoms with E-state index in [1.54, 1.807) is 0 Å². The fraction of sp³-hybridized carbons (Fsp3) is 0.571. The van der Waals surface area contributed by atoms with Crippen molar-refractivity contribution < 1.29 is 4.74 Å². The van der Waals surface area contributed by atoms with Crippen molar-refractivity contribution in [2.75, 3.05) is 13.1 Å². The highest BCUT2D eigenvalue weighted by atomic mass is 79.9. The van der Waals surface area contributed by atoms with E-state index in [0.29, 0.717) is 0 Å². The van der Waals surface area contributed by atoms with Crippen LogP contribution in [-0.2, 0) is 0 Å². The summed E-state index contributed by atoms with van der Waals surface area (Å²) in [5.74, 6) is 1.67. The normalized spacial score (nSPS) is 12.8. The van der Waals surface area contributed by atoms with Crippen LogP contribution in [-0.4, -0.2) is 19.2 Å². The second-order valence-electron chi connectivity index (χ2n) is 4.77. The summed E-state index contributed by atoms with van der Waals surface area (Å²) in [7, 11) is 0. The molecule has 0 aliphatic rings. The van der Waals surface area contributed by atoms with Crippen molar-refractivity contribution in [1.82, 2.24) is 5.32 Å². The van der Waals surface area contributed by atoms with Gasteiger partial charge in [0.05, 0.1) is 0 Å². The smallest absolute Gasteiger partial charge is 0.120 e. The maximum atomic E-state index is 5.81. The Labute approximate surface area is 113 Å². The maximum absolute atomic E-state index is 5.81. The molecule has 0 spiro atoms. The number of rotatable bonds is 7. The summed E-state index contributed by atoms with van der Waals surface area (Å²) < 4.78 is 6.86. The summed E-state index contributed by atoms with van der Waals surface area (Å²) in [6, 6.07) is 7.96. The highest BCUT2D eigenvalue weighted by Crippen LogP contribution is 2.18. The first-order valence-corrected chi connectivity index (χ1v) is 7.00. The van der Waals surface area contributed by atoms with Crippen molar-refractivity contribution in [1.29, 1.82) is 0 Å². The molecule has 3 heteroatoms. The summed E-state index contributed by atoms with van der Waals surface area (Å²) >= 11 is 3.44. The van der Waals surface area contributed by atoms with Crippen molar-refractivity contribution in [2.45, 2.75) is 33.3 Å². The number of halogens is 1. The molecule has 1 aromatic rings. The average Bonchev–Trinajstić information content (AvgIpc) is 2.24. The van der Waals surface area contributed by atoms with Crippen LogP contribution in [0, 0.1) is 5.92 Å². The molecule has 0 bridgehead atoms. The first-order chi connectivity index (χ1) is 8.08. The van der Waals surface area contributed by atoms with Crippen LogP contribution in [0.5, 0.6) is 5.75 Å². The molecule has 2 nitrogen and oxygen atoms in total. The minimum atomic E-state index is 0.191. The molecule has 0 aliphatic heterocycles. The highest BCUT2D eigenvalue weighted by Gasteiger charge is 2.04. The van der Waals surface area contributed by atoms with Crippen LogP contribution in [0.1, 0.15) is 27.2 Å². The molecule has 0 saturated heterocycles. The van der Waals surface area contributed by atoms with Crippen LogP contribution in [0.15, 0.2) is 28.7 Å². The molecule has 0 fully saturated rings. The number of ether oxygens (including phenoxy) is 1. The van der Waals surface area contributed by atoms with Gasteiger partial charge in [-0.1, -0.05) is 35.8 Å². The summed E-state index contributed by atoms with van der Waals surface area (Å²) in [5.41, 5.74) is 0. The molecule has 0 saturated carbocycles. The van der Waals surface area contributed by atoms with E-state index in [9.17, 15) is 0 Å². The van der Waals surface area contributed by atoms with Crippen molar-refractivity contribution >= 4 is 15.9 Å². The van der Waals surface area contributed by atoms with Gasteiger partial charge in [0.15, 0.2) is 0 Å². The van der Waals surface area contributed by atoms with E-state index in [-0.39, 0.29) is 6.10 Å². The van der Waals surface area contributed by atoms with Gasteiger partial charge in [-0.2, -0.15) is 0 Å². The van der Waals surface area contributed by atoms with Gasteiger partial charge in [0.1, 0.15) is 11.9 Å². The molecular weight excluding hydrogens is 278 g/mol. The molecule has 0 aliphatic carbocycles. The number of hydrogen-bond donors (Lipinski definition) is 1. The lowest BCUT2D eigenvalue weighted by atomic mass is 10.1. The summed E-state index contributed by atoms with van der Waals surface area (Å²) in [6.07, 6.45) is 1.40. The Morgan fingerprint density at radius 3 is 2.71 bits per heavy atom.